The van der Waals surface area contributed by atoms with Crippen molar-refractivity contribution in [1.29, 1.82) is 0 Å². The summed E-state index contributed by atoms with van der Waals surface area (Å²) in [4.78, 5) is 0. The Morgan fingerprint density at radius 3 is 2.50 bits per heavy atom. The molecule has 0 radical (unpaired) electrons. The summed E-state index contributed by atoms with van der Waals surface area (Å²) in [5.41, 5.74) is 5.58. The van der Waals surface area contributed by atoms with Crippen molar-refractivity contribution in [3.63, 3.8) is 0 Å². The van der Waals surface area contributed by atoms with E-state index < -0.39 is 12.4 Å². The summed E-state index contributed by atoms with van der Waals surface area (Å²) in [6, 6.07) is 3.34. The van der Waals surface area contributed by atoms with Gasteiger partial charge in [-0.3, -0.25) is 0 Å². The van der Waals surface area contributed by atoms with E-state index in [4.69, 9.17) is 5.73 Å². The zero-order chi connectivity index (χ0) is 9.84. The van der Waals surface area contributed by atoms with Gasteiger partial charge in [0.05, 0.1) is 0 Å². The third-order valence-corrected chi connectivity index (χ3v) is 1.47. The van der Waals surface area contributed by atoms with Crippen molar-refractivity contribution in [1.82, 2.24) is 0 Å². The second kappa shape index (κ2) is 5.72. The molecule has 0 atom stereocenters. The number of alkyl halides is 2. The van der Waals surface area contributed by atoms with Gasteiger partial charge in [0.25, 0.3) is 0 Å². The minimum absolute atomic E-state index is 0. The third kappa shape index (κ3) is 3.43. The summed E-state index contributed by atoms with van der Waals surface area (Å²) in [5, 5.41) is 0. The number of halogens is 4. The highest BCUT2D eigenvalue weighted by atomic mass is 35.5. The third-order valence-electron chi connectivity index (χ3n) is 1.47. The molecule has 0 bridgehead atoms. The second-order valence-corrected chi connectivity index (χ2v) is 2.33. The Hall–Kier alpha value is -0.940. The molecule has 1 rings (SSSR count). The largest absolute Gasteiger partial charge is 0.434 e. The average molecular weight is 228 g/mol. The van der Waals surface area contributed by atoms with Crippen LogP contribution in [0.5, 0.6) is 5.75 Å². The van der Waals surface area contributed by atoms with Crippen molar-refractivity contribution in [3.8, 4) is 5.75 Å². The molecule has 0 heterocycles. The van der Waals surface area contributed by atoms with Crippen LogP contribution in [0.2, 0.25) is 0 Å². The molecule has 0 saturated heterocycles. The average Bonchev–Trinajstić information content (AvgIpc) is 2.03. The van der Waals surface area contributed by atoms with Gasteiger partial charge in [0.2, 0.25) is 0 Å². The van der Waals surface area contributed by atoms with E-state index in [9.17, 15) is 13.2 Å². The molecule has 0 aliphatic rings. The minimum atomic E-state index is -2.97. The molecule has 0 spiro atoms. The molecule has 0 saturated carbocycles. The molecule has 1 aromatic rings. The number of rotatable bonds is 3. The van der Waals surface area contributed by atoms with E-state index in [1.54, 1.807) is 0 Å². The zero-order valence-electron chi connectivity index (χ0n) is 7.04. The molecule has 14 heavy (non-hydrogen) atoms. The fourth-order valence-electron chi connectivity index (χ4n) is 0.903. The Bertz CT molecular complexity index is 296. The van der Waals surface area contributed by atoms with Crippen LogP contribution in [0.4, 0.5) is 13.2 Å². The first-order chi connectivity index (χ1) is 6.13. The predicted molar refractivity (Wildman–Crippen MR) is 48.2 cm³/mol. The van der Waals surface area contributed by atoms with Crippen molar-refractivity contribution in [2.24, 2.45) is 5.73 Å². The Morgan fingerprint density at radius 2 is 2.00 bits per heavy atom. The number of hydrogen-bond donors (Lipinski definition) is 1. The van der Waals surface area contributed by atoms with E-state index in [-0.39, 0.29) is 24.7 Å². The normalized spacial score (nSPS) is 9.79. The molecule has 2 N–H and O–H groups in total. The van der Waals surface area contributed by atoms with Crippen LogP contribution in [0.25, 0.3) is 0 Å². The lowest BCUT2D eigenvalue weighted by Crippen LogP contribution is -2.07. The monoisotopic (exact) mass is 227 g/mol. The Balaban J connectivity index is 0.00000169. The van der Waals surface area contributed by atoms with Crippen LogP contribution in [0.3, 0.4) is 0 Å². The molecule has 0 fully saturated rings. The van der Waals surface area contributed by atoms with E-state index >= 15 is 0 Å². The molecule has 6 heteroatoms. The van der Waals surface area contributed by atoms with Crippen molar-refractivity contribution in [2.45, 2.75) is 13.2 Å². The summed E-state index contributed by atoms with van der Waals surface area (Å²) in [7, 11) is 0. The van der Waals surface area contributed by atoms with Crippen LogP contribution in [0.15, 0.2) is 18.2 Å². The summed E-state index contributed by atoms with van der Waals surface area (Å²) >= 11 is 0. The van der Waals surface area contributed by atoms with Gasteiger partial charge in [0.15, 0.2) is 0 Å². The summed E-state index contributed by atoms with van der Waals surface area (Å²) in [6.07, 6.45) is 0. The molecule has 0 aromatic heterocycles. The maximum atomic E-state index is 12.6. The molecule has 2 nitrogen and oxygen atoms in total. The van der Waals surface area contributed by atoms with E-state index in [0.717, 1.165) is 12.1 Å². The second-order valence-electron chi connectivity index (χ2n) is 2.33. The van der Waals surface area contributed by atoms with Gasteiger partial charge in [0, 0.05) is 18.2 Å². The summed E-state index contributed by atoms with van der Waals surface area (Å²) in [6.45, 7) is -2.94. The smallest absolute Gasteiger partial charge is 0.387 e. The van der Waals surface area contributed by atoms with E-state index in [0.29, 0.717) is 5.56 Å². The number of benzene rings is 1. The fraction of sp³-hybridized carbons (Fsp3) is 0.250. The molecular weight excluding hydrogens is 219 g/mol. The van der Waals surface area contributed by atoms with Crippen molar-refractivity contribution in [3.05, 3.63) is 29.6 Å². The van der Waals surface area contributed by atoms with Gasteiger partial charge in [-0.05, 0) is 6.07 Å². The maximum Gasteiger partial charge on any atom is 0.387 e. The van der Waals surface area contributed by atoms with Crippen molar-refractivity contribution >= 4 is 12.4 Å². The summed E-state index contributed by atoms with van der Waals surface area (Å²) in [5.74, 6) is -0.842. The lowest BCUT2D eigenvalue weighted by molar-refractivity contribution is -0.0505. The quantitative estimate of drug-likeness (QED) is 0.860. The number of nitrogens with two attached hydrogens (primary N) is 1. The first-order valence-corrected chi connectivity index (χ1v) is 3.57. The molecule has 0 amide bonds. The summed E-state index contributed by atoms with van der Waals surface area (Å²) < 4.78 is 40.2. The predicted octanol–water partition coefficient (Wildman–Crippen LogP) is 2.31. The van der Waals surface area contributed by atoms with Gasteiger partial charge in [-0.25, -0.2) is 4.39 Å². The van der Waals surface area contributed by atoms with Crippen LogP contribution >= 0.6 is 12.4 Å². The van der Waals surface area contributed by atoms with Crippen LogP contribution in [0.1, 0.15) is 5.56 Å². The Kier molecular flexibility index (Phi) is 5.34. The molecular formula is C8H9ClF3NO. The highest BCUT2D eigenvalue weighted by Crippen LogP contribution is 2.21. The number of ether oxygens (including phenoxy) is 1. The van der Waals surface area contributed by atoms with Crippen LogP contribution in [-0.2, 0) is 6.54 Å². The van der Waals surface area contributed by atoms with E-state index in [1.165, 1.54) is 6.07 Å². The zero-order valence-corrected chi connectivity index (χ0v) is 7.86. The Labute approximate surface area is 85.3 Å². The fourth-order valence-corrected chi connectivity index (χ4v) is 0.903. The van der Waals surface area contributed by atoms with Crippen molar-refractivity contribution < 1.29 is 17.9 Å². The molecule has 1 aromatic carbocycles. The SMILES string of the molecule is Cl.NCc1ccc(F)cc1OC(F)F. The highest BCUT2D eigenvalue weighted by molar-refractivity contribution is 5.85. The van der Waals surface area contributed by atoms with Crippen molar-refractivity contribution in [2.75, 3.05) is 0 Å². The highest BCUT2D eigenvalue weighted by Gasteiger charge is 2.09. The van der Waals surface area contributed by atoms with Gasteiger partial charge >= 0.3 is 6.61 Å². The lowest BCUT2D eigenvalue weighted by Gasteiger charge is -2.08. The van der Waals surface area contributed by atoms with Gasteiger partial charge in [-0.15, -0.1) is 12.4 Å². The van der Waals surface area contributed by atoms with E-state index in [1.807, 2.05) is 0 Å². The molecule has 0 aliphatic heterocycles. The van der Waals surface area contributed by atoms with Gasteiger partial charge in [-0.2, -0.15) is 8.78 Å². The standard InChI is InChI=1S/C8H8F3NO.ClH/c9-6-2-1-5(4-12)7(3-6)13-8(10)11;/h1-3,8H,4,12H2;1H. The first-order valence-electron chi connectivity index (χ1n) is 3.57. The first kappa shape index (κ1) is 13.1. The van der Waals surface area contributed by atoms with Gasteiger partial charge in [-0.1, -0.05) is 6.07 Å². The van der Waals surface area contributed by atoms with Crippen LogP contribution in [-0.4, -0.2) is 6.61 Å². The molecule has 80 valence electrons. The topological polar surface area (TPSA) is 35.2 Å². The van der Waals surface area contributed by atoms with Gasteiger partial charge < -0.3 is 10.5 Å². The maximum absolute atomic E-state index is 12.6. The molecule has 0 aliphatic carbocycles. The van der Waals surface area contributed by atoms with Crippen LogP contribution in [0, 0.1) is 5.82 Å². The van der Waals surface area contributed by atoms with Gasteiger partial charge in [0.1, 0.15) is 11.6 Å². The number of hydrogen-bond acceptors (Lipinski definition) is 2. The van der Waals surface area contributed by atoms with Crippen LogP contribution < -0.4 is 10.5 Å². The minimum Gasteiger partial charge on any atom is -0.434 e. The lowest BCUT2D eigenvalue weighted by atomic mass is 10.2. The Morgan fingerprint density at radius 1 is 1.36 bits per heavy atom. The van der Waals surface area contributed by atoms with E-state index in [2.05, 4.69) is 4.74 Å². The molecule has 0 unspecified atom stereocenters.